The third-order valence-corrected chi connectivity index (χ3v) is 3.17. The van der Waals surface area contributed by atoms with E-state index in [0.29, 0.717) is 0 Å². The summed E-state index contributed by atoms with van der Waals surface area (Å²) in [6.45, 7) is 4.97. The molecule has 0 unspecified atom stereocenters. The molecule has 0 amide bonds. The van der Waals surface area contributed by atoms with E-state index in [-0.39, 0.29) is 5.82 Å². The van der Waals surface area contributed by atoms with Gasteiger partial charge in [0.05, 0.1) is 0 Å². The van der Waals surface area contributed by atoms with Crippen molar-refractivity contribution in [3.8, 4) is 0 Å². The molecule has 0 aliphatic heterocycles. The highest BCUT2D eigenvalue weighted by Gasteiger charge is 2.00. The molecule has 0 fully saturated rings. The maximum atomic E-state index is 13.0. The fourth-order valence-electron chi connectivity index (χ4n) is 2.21. The predicted octanol–water partition coefficient (Wildman–Crippen LogP) is 3.37. The van der Waals surface area contributed by atoms with E-state index in [0.717, 1.165) is 38.0 Å². The van der Waals surface area contributed by atoms with Crippen LogP contribution >= 0.6 is 0 Å². The van der Waals surface area contributed by atoms with Gasteiger partial charge in [0.25, 0.3) is 0 Å². The number of nitrogens with zero attached hydrogens (tertiary/aromatic N) is 1. The second-order valence-electron chi connectivity index (χ2n) is 4.75. The lowest BCUT2D eigenvalue weighted by Crippen LogP contribution is -2.19. The molecule has 102 valence electrons. The lowest BCUT2D eigenvalue weighted by molar-refractivity contribution is 0.599. The van der Waals surface area contributed by atoms with Gasteiger partial charge in [0, 0.05) is 25.0 Å². The van der Waals surface area contributed by atoms with Gasteiger partial charge < -0.3 is 9.88 Å². The van der Waals surface area contributed by atoms with E-state index < -0.39 is 0 Å². The highest BCUT2D eigenvalue weighted by Crippen LogP contribution is 2.05. The topological polar surface area (TPSA) is 17.0 Å². The fourth-order valence-corrected chi connectivity index (χ4v) is 2.21. The van der Waals surface area contributed by atoms with Crippen molar-refractivity contribution in [1.82, 2.24) is 9.88 Å². The number of nitrogens with one attached hydrogen (secondary N) is 1. The molecule has 1 heterocycles. The molecule has 1 aromatic carbocycles. The monoisotopic (exact) mass is 260 g/mol. The summed E-state index contributed by atoms with van der Waals surface area (Å²) in [7, 11) is 0. The highest BCUT2D eigenvalue weighted by atomic mass is 19.1. The number of hydrogen-bond donors (Lipinski definition) is 1. The van der Waals surface area contributed by atoms with Crippen LogP contribution in [0.4, 0.5) is 4.39 Å². The zero-order chi connectivity index (χ0) is 13.5. The summed E-state index contributed by atoms with van der Waals surface area (Å²) in [5.41, 5.74) is 2.34. The van der Waals surface area contributed by atoms with Crippen LogP contribution in [0.3, 0.4) is 0 Å². The second-order valence-corrected chi connectivity index (χ2v) is 4.75. The van der Waals surface area contributed by atoms with Gasteiger partial charge in [-0.25, -0.2) is 4.39 Å². The van der Waals surface area contributed by atoms with E-state index in [2.05, 4.69) is 35.1 Å². The Balaban J connectivity index is 1.76. The minimum absolute atomic E-state index is 0.158. The SMILES string of the molecule is CCCn1cccc1CNCCc1cccc(F)c1. The Bertz CT molecular complexity index is 505. The zero-order valence-corrected chi connectivity index (χ0v) is 11.4. The van der Waals surface area contributed by atoms with E-state index >= 15 is 0 Å². The largest absolute Gasteiger partial charge is 0.350 e. The summed E-state index contributed by atoms with van der Waals surface area (Å²) in [6.07, 6.45) is 4.12. The summed E-state index contributed by atoms with van der Waals surface area (Å²) in [5.74, 6) is -0.158. The number of halogens is 1. The van der Waals surface area contributed by atoms with Gasteiger partial charge in [-0.05, 0) is 49.2 Å². The van der Waals surface area contributed by atoms with Gasteiger partial charge >= 0.3 is 0 Å². The minimum atomic E-state index is -0.158. The molecule has 0 atom stereocenters. The Hall–Kier alpha value is -1.61. The molecule has 3 heteroatoms. The normalized spacial score (nSPS) is 10.8. The summed E-state index contributed by atoms with van der Waals surface area (Å²) in [6, 6.07) is 11.0. The van der Waals surface area contributed by atoms with Crippen LogP contribution in [0, 0.1) is 5.82 Å². The number of hydrogen-bond acceptors (Lipinski definition) is 1. The van der Waals surface area contributed by atoms with Gasteiger partial charge in [0.2, 0.25) is 0 Å². The van der Waals surface area contributed by atoms with Crippen molar-refractivity contribution < 1.29 is 4.39 Å². The summed E-state index contributed by atoms with van der Waals surface area (Å²) in [4.78, 5) is 0. The third kappa shape index (κ3) is 4.21. The average molecular weight is 260 g/mol. The molecule has 2 nitrogen and oxygen atoms in total. The highest BCUT2D eigenvalue weighted by molar-refractivity contribution is 5.16. The Kier molecular flexibility index (Phi) is 5.16. The van der Waals surface area contributed by atoms with Crippen molar-refractivity contribution in [3.05, 3.63) is 59.7 Å². The molecule has 0 bridgehead atoms. The summed E-state index contributed by atoms with van der Waals surface area (Å²) < 4.78 is 15.3. The van der Waals surface area contributed by atoms with Crippen LogP contribution in [0.25, 0.3) is 0 Å². The van der Waals surface area contributed by atoms with Crippen molar-refractivity contribution in [2.24, 2.45) is 0 Å². The molecule has 0 aliphatic rings. The number of rotatable bonds is 7. The lowest BCUT2D eigenvalue weighted by atomic mass is 10.1. The van der Waals surface area contributed by atoms with Crippen LogP contribution in [0.2, 0.25) is 0 Å². The number of aromatic nitrogens is 1. The van der Waals surface area contributed by atoms with Crippen molar-refractivity contribution in [3.63, 3.8) is 0 Å². The molecule has 0 radical (unpaired) electrons. The third-order valence-electron chi connectivity index (χ3n) is 3.17. The first-order valence-electron chi connectivity index (χ1n) is 6.89. The number of aryl methyl sites for hydroxylation is 1. The van der Waals surface area contributed by atoms with Crippen LogP contribution in [-0.4, -0.2) is 11.1 Å². The van der Waals surface area contributed by atoms with Crippen molar-refractivity contribution >= 4 is 0 Å². The smallest absolute Gasteiger partial charge is 0.123 e. The minimum Gasteiger partial charge on any atom is -0.350 e. The predicted molar refractivity (Wildman–Crippen MR) is 76.5 cm³/mol. The van der Waals surface area contributed by atoms with Gasteiger partial charge in [-0.2, -0.15) is 0 Å². The van der Waals surface area contributed by atoms with Gasteiger partial charge in [0.15, 0.2) is 0 Å². The van der Waals surface area contributed by atoms with Crippen LogP contribution in [-0.2, 0) is 19.5 Å². The molecule has 0 spiro atoms. The first kappa shape index (κ1) is 13.8. The summed E-state index contributed by atoms with van der Waals surface area (Å²) >= 11 is 0. The molecule has 0 saturated carbocycles. The maximum absolute atomic E-state index is 13.0. The van der Waals surface area contributed by atoms with E-state index in [1.165, 1.54) is 11.8 Å². The van der Waals surface area contributed by atoms with Gasteiger partial charge in [-0.3, -0.25) is 0 Å². The van der Waals surface area contributed by atoms with E-state index in [9.17, 15) is 4.39 Å². The van der Waals surface area contributed by atoms with E-state index in [1.54, 1.807) is 12.1 Å². The first-order chi connectivity index (χ1) is 9.29. The first-order valence-corrected chi connectivity index (χ1v) is 6.89. The van der Waals surface area contributed by atoms with Gasteiger partial charge in [0.1, 0.15) is 5.82 Å². The fraction of sp³-hybridized carbons (Fsp3) is 0.375. The molecule has 0 saturated heterocycles. The Morgan fingerprint density at radius 3 is 2.89 bits per heavy atom. The number of benzene rings is 1. The second kappa shape index (κ2) is 7.10. The molecule has 2 rings (SSSR count). The Morgan fingerprint density at radius 1 is 1.21 bits per heavy atom. The van der Waals surface area contributed by atoms with Gasteiger partial charge in [-0.15, -0.1) is 0 Å². The standard InChI is InChI=1S/C16H21FN2/c1-2-10-19-11-4-7-16(19)13-18-9-8-14-5-3-6-15(17)12-14/h3-7,11-12,18H,2,8-10,13H2,1H3. The molecular formula is C16H21FN2. The van der Waals surface area contributed by atoms with Crippen molar-refractivity contribution in [2.75, 3.05) is 6.54 Å². The average Bonchev–Trinajstić information content (AvgIpc) is 2.83. The zero-order valence-electron chi connectivity index (χ0n) is 11.4. The van der Waals surface area contributed by atoms with E-state index in [1.807, 2.05) is 6.07 Å². The molecule has 1 aromatic heterocycles. The summed E-state index contributed by atoms with van der Waals surface area (Å²) in [5, 5.41) is 3.41. The van der Waals surface area contributed by atoms with Crippen molar-refractivity contribution in [1.29, 1.82) is 0 Å². The molecule has 1 N–H and O–H groups in total. The van der Waals surface area contributed by atoms with Gasteiger partial charge in [-0.1, -0.05) is 19.1 Å². The van der Waals surface area contributed by atoms with Crippen LogP contribution in [0.15, 0.2) is 42.6 Å². The van der Waals surface area contributed by atoms with Crippen LogP contribution in [0.5, 0.6) is 0 Å². The van der Waals surface area contributed by atoms with Crippen LogP contribution < -0.4 is 5.32 Å². The maximum Gasteiger partial charge on any atom is 0.123 e. The lowest BCUT2D eigenvalue weighted by Gasteiger charge is -2.09. The Morgan fingerprint density at radius 2 is 2.11 bits per heavy atom. The Labute approximate surface area is 114 Å². The molecular weight excluding hydrogens is 239 g/mol. The molecule has 19 heavy (non-hydrogen) atoms. The molecule has 0 aliphatic carbocycles. The quantitative estimate of drug-likeness (QED) is 0.755. The van der Waals surface area contributed by atoms with Crippen LogP contribution in [0.1, 0.15) is 24.6 Å². The molecule has 2 aromatic rings. The van der Waals surface area contributed by atoms with E-state index in [4.69, 9.17) is 0 Å². The van der Waals surface area contributed by atoms with Crippen molar-refractivity contribution in [2.45, 2.75) is 32.9 Å².